The number of rotatable bonds is 6. The molecular formula is C14H17NO5. The predicted octanol–water partition coefficient (Wildman–Crippen LogP) is 1.32. The number of nitrogens with zero attached hydrogens (tertiary/aromatic N) is 1. The van der Waals surface area contributed by atoms with E-state index in [4.69, 9.17) is 9.47 Å². The summed E-state index contributed by atoms with van der Waals surface area (Å²) in [6.45, 7) is 5.01. The first-order chi connectivity index (χ1) is 9.52. The third kappa shape index (κ3) is 3.63. The van der Waals surface area contributed by atoms with Crippen LogP contribution in [0.15, 0.2) is 18.3 Å². The van der Waals surface area contributed by atoms with Crippen LogP contribution in [0.5, 0.6) is 0 Å². The monoisotopic (exact) mass is 279 g/mol. The molecule has 108 valence electrons. The molecule has 0 aliphatic carbocycles. The number of Topliss-reactive ketones (excluding diaryl/α,β-unsaturated/α-hetero) is 1. The van der Waals surface area contributed by atoms with E-state index >= 15 is 0 Å². The van der Waals surface area contributed by atoms with Crippen LogP contribution < -0.4 is 0 Å². The molecule has 1 rings (SSSR count). The van der Waals surface area contributed by atoms with Gasteiger partial charge in [0.15, 0.2) is 0 Å². The first-order valence-electron chi connectivity index (χ1n) is 6.32. The Hall–Kier alpha value is -2.24. The van der Waals surface area contributed by atoms with Gasteiger partial charge in [0.1, 0.15) is 5.69 Å². The molecule has 0 saturated heterocycles. The molecule has 0 atom stereocenters. The van der Waals surface area contributed by atoms with Crippen molar-refractivity contribution in [2.75, 3.05) is 13.2 Å². The summed E-state index contributed by atoms with van der Waals surface area (Å²) in [5, 5.41) is 0. The average Bonchev–Trinajstić information content (AvgIpc) is 2.40. The molecule has 6 nitrogen and oxygen atoms in total. The molecule has 0 saturated carbocycles. The zero-order chi connectivity index (χ0) is 15.1. The number of hydrogen-bond acceptors (Lipinski definition) is 6. The number of aryl methyl sites for hydroxylation is 1. The molecule has 0 aliphatic rings. The minimum absolute atomic E-state index is 0.0682. The number of carbonyl (C=O) groups is 3. The Morgan fingerprint density at radius 3 is 2.15 bits per heavy atom. The average molecular weight is 279 g/mol. The van der Waals surface area contributed by atoms with Crippen LogP contribution in [0.1, 0.15) is 29.9 Å². The first-order valence-corrected chi connectivity index (χ1v) is 6.32. The van der Waals surface area contributed by atoms with E-state index in [-0.39, 0.29) is 18.9 Å². The van der Waals surface area contributed by atoms with Gasteiger partial charge in [-0.25, -0.2) is 0 Å². The molecule has 0 bridgehead atoms. The fourth-order valence-corrected chi connectivity index (χ4v) is 1.64. The van der Waals surface area contributed by atoms with Crippen molar-refractivity contribution < 1.29 is 23.9 Å². The molecule has 0 spiro atoms. The summed E-state index contributed by atoms with van der Waals surface area (Å²) in [7, 11) is 0. The molecule has 0 fully saturated rings. The van der Waals surface area contributed by atoms with Gasteiger partial charge in [0, 0.05) is 6.20 Å². The van der Waals surface area contributed by atoms with Gasteiger partial charge in [0.25, 0.3) is 0 Å². The first kappa shape index (κ1) is 15.8. The minimum atomic E-state index is -1.62. The lowest BCUT2D eigenvalue weighted by Gasteiger charge is -2.13. The Balaban J connectivity index is 3.10. The summed E-state index contributed by atoms with van der Waals surface area (Å²) < 4.78 is 9.53. The molecule has 0 amide bonds. The third-order valence-electron chi connectivity index (χ3n) is 2.55. The smallest absolute Gasteiger partial charge is 0.328 e. The second-order valence-electron chi connectivity index (χ2n) is 3.97. The zero-order valence-corrected chi connectivity index (χ0v) is 11.7. The highest BCUT2D eigenvalue weighted by Gasteiger charge is 2.38. The lowest BCUT2D eigenvalue weighted by Crippen LogP contribution is -2.35. The van der Waals surface area contributed by atoms with Crippen molar-refractivity contribution in [3.63, 3.8) is 0 Å². The van der Waals surface area contributed by atoms with Crippen LogP contribution in [0.2, 0.25) is 0 Å². The Bertz CT molecular complexity index is 494. The van der Waals surface area contributed by atoms with Gasteiger partial charge < -0.3 is 9.47 Å². The maximum absolute atomic E-state index is 12.3. The van der Waals surface area contributed by atoms with E-state index in [1.807, 2.05) is 0 Å². The highest BCUT2D eigenvalue weighted by Crippen LogP contribution is 2.14. The van der Waals surface area contributed by atoms with Crippen LogP contribution >= 0.6 is 0 Å². The molecule has 20 heavy (non-hydrogen) atoms. The second kappa shape index (κ2) is 7.37. The lowest BCUT2D eigenvalue weighted by molar-refractivity contribution is -0.158. The van der Waals surface area contributed by atoms with E-state index in [1.54, 1.807) is 32.9 Å². The highest BCUT2D eigenvalue weighted by atomic mass is 16.6. The van der Waals surface area contributed by atoms with Crippen molar-refractivity contribution in [2.45, 2.75) is 20.8 Å². The molecule has 0 radical (unpaired) electrons. The fraction of sp³-hybridized carbons (Fsp3) is 0.429. The maximum atomic E-state index is 12.3. The Kier molecular flexibility index (Phi) is 5.83. The van der Waals surface area contributed by atoms with Crippen molar-refractivity contribution in [3.05, 3.63) is 29.6 Å². The number of carbonyl (C=O) groups excluding carboxylic acids is 3. The quantitative estimate of drug-likeness (QED) is 0.443. The van der Waals surface area contributed by atoms with Crippen LogP contribution in [0, 0.1) is 12.8 Å². The zero-order valence-electron chi connectivity index (χ0n) is 11.7. The van der Waals surface area contributed by atoms with E-state index in [0.29, 0.717) is 5.56 Å². The van der Waals surface area contributed by atoms with Gasteiger partial charge in [-0.1, -0.05) is 6.07 Å². The Morgan fingerprint density at radius 1 is 1.15 bits per heavy atom. The summed E-state index contributed by atoms with van der Waals surface area (Å²) in [5.41, 5.74) is 0.648. The fourth-order valence-electron chi connectivity index (χ4n) is 1.64. The number of esters is 2. The number of hydrogen-bond donors (Lipinski definition) is 0. The largest absolute Gasteiger partial charge is 0.465 e. The van der Waals surface area contributed by atoms with Crippen LogP contribution in [-0.2, 0) is 19.1 Å². The van der Waals surface area contributed by atoms with Crippen molar-refractivity contribution in [2.24, 2.45) is 5.92 Å². The second-order valence-corrected chi connectivity index (χ2v) is 3.97. The van der Waals surface area contributed by atoms with Gasteiger partial charge >= 0.3 is 11.9 Å². The van der Waals surface area contributed by atoms with Crippen LogP contribution in [0.3, 0.4) is 0 Å². The summed E-state index contributed by atoms with van der Waals surface area (Å²) in [4.78, 5) is 39.9. The van der Waals surface area contributed by atoms with Crippen molar-refractivity contribution in [1.29, 1.82) is 0 Å². The van der Waals surface area contributed by atoms with Crippen molar-refractivity contribution in [1.82, 2.24) is 4.98 Å². The maximum Gasteiger partial charge on any atom is 0.328 e. The van der Waals surface area contributed by atoms with E-state index in [2.05, 4.69) is 4.98 Å². The van der Waals surface area contributed by atoms with Crippen molar-refractivity contribution in [3.8, 4) is 0 Å². The topological polar surface area (TPSA) is 82.6 Å². The molecule has 0 N–H and O–H groups in total. The molecule has 1 aromatic rings. The highest BCUT2D eigenvalue weighted by molar-refractivity contribution is 6.20. The van der Waals surface area contributed by atoms with Gasteiger partial charge in [-0.3, -0.25) is 19.4 Å². The number of ether oxygens (including phenoxy) is 2. The molecule has 0 aliphatic heterocycles. The molecule has 0 unspecified atom stereocenters. The Labute approximate surface area is 117 Å². The summed E-state index contributed by atoms with van der Waals surface area (Å²) in [5.74, 6) is -4.16. The standard InChI is InChI=1S/C14H17NO5/c1-4-19-13(17)10(14(18)20-5-2)12(16)11-9(3)7-6-8-15-11/h6-8,10H,4-5H2,1-3H3. The molecule has 1 aromatic heterocycles. The van der Waals surface area contributed by atoms with Gasteiger partial charge in [-0.15, -0.1) is 0 Å². The summed E-state index contributed by atoms with van der Waals surface area (Å²) in [6.07, 6.45) is 1.42. The van der Waals surface area contributed by atoms with Gasteiger partial charge in [0.2, 0.25) is 11.7 Å². The van der Waals surface area contributed by atoms with Crippen LogP contribution in [0.4, 0.5) is 0 Å². The Morgan fingerprint density at radius 2 is 1.70 bits per heavy atom. The van der Waals surface area contributed by atoms with Gasteiger partial charge in [-0.2, -0.15) is 0 Å². The SMILES string of the molecule is CCOC(=O)C(C(=O)OCC)C(=O)c1ncccc1C. The van der Waals surface area contributed by atoms with Crippen LogP contribution in [-0.4, -0.2) is 35.9 Å². The van der Waals surface area contributed by atoms with E-state index < -0.39 is 23.6 Å². The lowest BCUT2D eigenvalue weighted by atomic mass is 9.99. The minimum Gasteiger partial charge on any atom is -0.465 e. The van der Waals surface area contributed by atoms with Gasteiger partial charge in [0.05, 0.1) is 13.2 Å². The van der Waals surface area contributed by atoms with Gasteiger partial charge in [-0.05, 0) is 32.4 Å². The molecule has 1 heterocycles. The number of aromatic nitrogens is 1. The van der Waals surface area contributed by atoms with E-state index in [9.17, 15) is 14.4 Å². The van der Waals surface area contributed by atoms with Crippen molar-refractivity contribution >= 4 is 17.7 Å². The van der Waals surface area contributed by atoms with E-state index in [0.717, 1.165) is 0 Å². The normalized spacial score (nSPS) is 10.2. The summed E-state index contributed by atoms with van der Waals surface area (Å²) >= 11 is 0. The predicted molar refractivity (Wildman–Crippen MR) is 70.1 cm³/mol. The molecular weight excluding hydrogens is 262 g/mol. The number of pyridine rings is 1. The van der Waals surface area contributed by atoms with Crippen LogP contribution in [0.25, 0.3) is 0 Å². The number of ketones is 1. The van der Waals surface area contributed by atoms with E-state index in [1.165, 1.54) is 6.20 Å². The molecule has 0 aromatic carbocycles. The summed E-state index contributed by atoms with van der Waals surface area (Å²) in [6, 6.07) is 3.34. The third-order valence-corrected chi connectivity index (χ3v) is 2.55. The molecule has 6 heteroatoms.